The third-order valence-corrected chi connectivity index (χ3v) is 6.17. The van der Waals surface area contributed by atoms with E-state index in [2.05, 4.69) is 0 Å². The number of hydrogen-bond acceptors (Lipinski definition) is 19. The van der Waals surface area contributed by atoms with Crippen molar-refractivity contribution in [2.24, 2.45) is 0 Å². The first kappa shape index (κ1) is 38.8. The molecule has 2 saturated heterocycles. The Morgan fingerprint density at radius 2 is 0.702 bits per heavy atom. The Bertz CT molecular complexity index is 1200. The van der Waals surface area contributed by atoms with Gasteiger partial charge in [0.1, 0.15) is 31.5 Å². The summed E-state index contributed by atoms with van der Waals surface area (Å²) >= 11 is 0. The quantitative estimate of drug-likeness (QED) is 0.181. The Morgan fingerprint density at radius 3 is 1.09 bits per heavy atom. The second-order valence-corrected chi connectivity index (χ2v) is 10.3. The summed E-state index contributed by atoms with van der Waals surface area (Å²) in [6, 6.07) is 0. The monoisotopic (exact) mass is 678 g/mol. The van der Waals surface area contributed by atoms with Crippen LogP contribution in [0.4, 0.5) is 0 Å². The Kier molecular flexibility index (Phi) is 14.5. The minimum Gasteiger partial charge on any atom is -0.463 e. The molecule has 0 aliphatic carbocycles. The van der Waals surface area contributed by atoms with Crippen LogP contribution in [0.1, 0.15) is 55.4 Å². The van der Waals surface area contributed by atoms with Crippen LogP contribution >= 0.6 is 0 Å². The smallest absolute Gasteiger partial charge is 0.305 e. The highest BCUT2D eigenvalue weighted by atomic mass is 16.8. The van der Waals surface area contributed by atoms with E-state index in [1.807, 2.05) is 0 Å². The molecule has 2 aliphatic heterocycles. The van der Waals surface area contributed by atoms with Crippen molar-refractivity contribution in [1.29, 1.82) is 0 Å². The van der Waals surface area contributed by atoms with Crippen LogP contribution < -0.4 is 0 Å². The first-order valence-electron chi connectivity index (χ1n) is 14.2. The Morgan fingerprint density at radius 1 is 0.383 bits per heavy atom. The lowest BCUT2D eigenvalue weighted by Crippen LogP contribution is -2.67. The van der Waals surface area contributed by atoms with Gasteiger partial charge in [-0.2, -0.15) is 0 Å². The number of rotatable bonds is 12. The molecule has 10 atom stereocenters. The summed E-state index contributed by atoms with van der Waals surface area (Å²) in [6.45, 7) is 7.06. The summed E-state index contributed by atoms with van der Waals surface area (Å²) < 4.78 is 60.2. The number of hydrogen-bond donors (Lipinski definition) is 0. The van der Waals surface area contributed by atoms with Crippen molar-refractivity contribution in [2.45, 2.75) is 117 Å². The number of carbonyl (C=O) groups excluding carboxylic acids is 8. The molecular weight excluding hydrogens is 640 g/mol. The van der Waals surface area contributed by atoms with E-state index in [-0.39, 0.29) is 0 Å². The molecule has 47 heavy (non-hydrogen) atoms. The molecule has 2 fully saturated rings. The molecular formula is C28H38O19. The molecule has 2 aliphatic rings. The summed E-state index contributed by atoms with van der Waals surface area (Å²) in [5.74, 6) is -7.04. The molecule has 19 nitrogen and oxygen atoms in total. The third-order valence-electron chi connectivity index (χ3n) is 6.17. The standard InChI is InChI=1S/C28H38O19/c1-11(29)37-9-19-21(39-13(3)31)23(41-15(5)33)25(42-16(6)34)28(46-19)47-24-22(40-14(4)32)20(10-38-12(2)30)45-27(44-18(8)36)26(24)43-17(7)35/h19-28H,9-10H2,1-8H3/t19-,20-,21-,22-,23+,24+,25+,26+,27-,28-/m1/s1. The zero-order valence-electron chi connectivity index (χ0n) is 26.9. The fraction of sp³-hybridized carbons (Fsp3) is 0.714. The lowest BCUT2D eigenvalue weighted by Gasteiger charge is -2.48. The van der Waals surface area contributed by atoms with Gasteiger partial charge in [0.2, 0.25) is 6.29 Å². The molecule has 0 aromatic carbocycles. The fourth-order valence-corrected chi connectivity index (χ4v) is 4.73. The van der Waals surface area contributed by atoms with Gasteiger partial charge in [-0.05, 0) is 0 Å². The summed E-state index contributed by atoms with van der Waals surface area (Å²) in [5.41, 5.74) is 0. The molecule has 0 spiro atoms. The number of esters is 8. The van der Waals surface area contributed by atoms with Crippen LogP contribution in [0.25, 0.3) is 0 Å². The van der Waals surface area contributed by atoms with Gasteiger partial charge in [0.15, 0.2) is 36.8 Å². The lowest BCUT2D eigenvalue weighted by molar-refractivity contribution is -0.358. The summed E-state index contributed by atoms with van der Waals surface area (Å²) in [4.78, 5) is 96.4. The van der Waals surface area contributed by atoms with Crippen LogP contribution in [0.15, 0.2) is 0 Å². The maximum Gasteiger partial charge on any atom is 0.305 e. The zero-order valence-corrected chi connectivity index (χ0v) is 26.9. The Labute approximate surface area is 268 Å². The van der Waals surface area contributed by atoms with Crippen molar-refractivity contribution >= 4 is 47.8 Å². The minimum atomic E-state index is -1.86. The van der Waals surface area contributed by atoms with Crippen LogP contribution in [-0.4, -0.2) is 122 Å². The molecule has 0 radical (unpaired) electrons. The topological polar surface area (TPSA) is 238 Å². The largest absolute Gasteiger partial charge is 0.463 e. The number of ether oxygens (including phenoxy) is 11. The molecule has 0 aromatic heterocycles. The Balaban J connectivity index is 2.75. The van der Waals surface area contributed by atoms with E-state index in [0.29, 0.717) is 0 Å². The Hall–Kier alpha value is -4.36. The number of carbonyl (C=O) groups is 8. The molecule has 0 bridgehead atoms. The molecule has 0 amide bonds. The van der Waals surface area contributed by atoms with Crippen molar-refractivity contribution < 1.29 is 90.5 Å². The SMILES string of the molecule is CC(=O)OC[C@H]1O[C@H](O[C@@H]2[C@H](OC(C)=O)[C@H](OC(C)=O)O[C@H](COC(C)=O)[C@H]2OC(C)=O)[C@@H](OC(C)=O)[C@@H](OC(C)=O)[C@@H]1OC(C)=O. The predicted molar refractivity (Wildman–Crippen MR) is 145 cm³/mol. The fourth-order valence-electron chi connectivity index (χ4n) is 4.73. The van der Waals surface area contributed by atoms with Gasteiger partial charge < -0.3 is 52.1 Å². The van der Waals surface area contributed by atoms with E-state index in [0.717, 1.165) is 55.4 Å². The molecule has 2 rings (SSSR count). The van der Waals surface area contributed by atoms with Crippen LogP contribution in [0.2, 0.25) is 0 Å². The summed E-state index contributed by atoms with van der Waals surface area (Å²) in [6.07, 6.45) is -16.4. The molecule has 19 heteroatoms. The van der Waals surface area contributed by atoms with Gasteiger partial charge in [-0.25, -0.2) is 0 Å². The van der Waals surface area contributed by atoms with E-state index < -0.39 is 122 Å². The van der Waals surface area contributed by atoms with Gasteiger partial charge >= 0.3 is 47.8 Å². The van der Waals surface area contributed by atoms with Gasteiger partial charge in [0.25, 0.3) is 0 Å². The highest BCUT2D eigenvalue weighted by Gasteiger charge is 2.58. The third kappa shape index (κ3) is 12.1. The van der Waals surface area contributed by atoms with Crippen molar-refractivity contribution in [1.82, 2.24) is 0 Å². The second kappa shape index (κ2) is 17.5. The van der Waals surface area contributed by atoms with Crippen molar-refractivity contribution in [3.63, 3.8) is 0 Å². The van der Waals surface area contributed by atoms with Crippen molar-refractivity contribution in [3.05, 3.63) is 0 Å². The van der Waals surface area contributed by atoms with E-state index >= 15 is 0 Å². The van der Waals surface area contributed by atoms with Crippen molar-refractivity contribution in [3.8, 4) is 0 Å². The average molecular weight is 679 g/mol. The first-order valence-corrected chi connectivity index (χ1v) is 14.2. The van der Waals surface area contributed by atoms with Crippen LogP contribution in [0, 0.1) is 0 Å². The first-order chi connectivity index (χ1) is 21.9. The van der Waals surface area contributed by atoms with E-state index in [1.165, 1.54) is 0 Å². The molecule has 0 unspecified atom stereocenters. The van der Waals surface area contributed by atoms with Crippen LogP contribution in [-0.2, 0) is 90.5 Å². The van der Waals surface area contributed by atoms with Gasteiger partial charge in [-0.15, -0.1) is 0 Å². The normalized spacial score (nSPS) is 30.0. The average Bonchev–Trinajstić information content (AvgIpc) is 2.91. The van der Waals surface area contributed by atoms with E-state index in [4.69, 9.17) is 52.1 Å². The lowest BCUT2D eigenvalue weighted by atomic mass is 9.96. The molecule has 0 N–H and O–H groups in total. The predicted octanol–water partition coefficient (Wildman–Crippen LogP) is -0.831. The van der Waals surface area contributed by atoms with Crippen LogP contribution in [0.3, 0.4) is 0 Å². The molecule has 264 valence electrons. The minimum absolute atomic E-state index is 0.587. The molecule has 0 aromatic rings. The van der Waals surface area contributed by atoms with E-state index in [1.54, 1.807) is 0 Å². The van der Waals surface area contributed by atoms with Crippen LogP contribution in [0.5, 0.6) is 0 Å². The second-order valence-electron chi connectivity index (χ2n) is 10.3. The van der Waals surface area contributed by atoms with E-state index in [9.17, 15) is 38.4 Å². The highest BCUT2D eigenvalue weighted by molar-refractivity contribution is 5.69. The van der Waals surface area contributed by atoms with Gasteiger partial charge in [0, 0.05) is 55.4 Å². The maximum atomic E-state index is 12.3. The van der Waals surface area contributed by atoms with Gasteiger partial charge in [0.05, 0.1) is 0 Å². The zero-order chi connectivity index (χ0) is 35.6. The van der Waals surface area contributed by atoms with Crippen molar-refractivity contribution in [2.75, 3.05) is 13.2 Å². The molecule has 0 saturated carbocycles. The summed E-state index contributed by atoms with van der Waals surface area (Å²) in [5, 5.41) is 0. The maximum absolute atomic E-state index is 12.3. The molecule has 2 heterocycles. The van der Waals surface area contributed by atoms with Gasteiger partial charge in [-0.1, -0.05) is 0 Å². The highest BCUT2D eigenvalue weighted by Crippen LogP contribution is 2.35. The summed E-state index contributed by atoms with van der Waals surface area (Å²) in [7, 11) is 0. The van der Waals surface area contributed by atoms with Gasteiger partial charge in [-0.3, -0.25) is 38.4 Å².